The number of halogens is 1. The van der Waals surface area contributed by atoms with Crippen molar-refractivity contribution in [3.63, 3.8) is 0 Å². The number of cyclic esters (lactones) is 1. The van der Waals surface area contributed by atoms with Crippen molar-refractivity contribution >= 4 is 29.5 Å². The zero-order chi connectivity index (χ0) is 20.2. The van der Waals surface area contributed by atoms with Gasteiger partial charge in [-0.3, -0.25) is 0 Å². The smallest absolute Gasteiger partial charge is 0.363 e. The molecule has 1 aliphatic heterocycles. The minimum Gasteiger partial charge on any atom is -0.488 e. The highest BCUT2D eigenvalue weighted by molar-refractivity contribution is 6.30. The SMILES string of the molecule is Cc1cccc(C2=NC(=Cc3ccccc3OCc3ccc(Cl)cc3)C(=O)O2)c1. The first-order valence-electron chi connectivity index (χ1n) is 9.14. The van der Waals surface area contributed by atoms with Crippen molar-refractivity contribution in [3.8, 4) is 5.75 Å². The minimum absolute atomic E-state index is 0.240. The van der Waals surface area contributed by atoms with E-state index in [-0.39, 0.29) is 5.70 Å². The summed E-state index contributed by atoms with van der Waals surface area (Å²) >= 11 is 5.92. The molecular formula is C24H18ClNO3. The van der Waals surface area contributed by atoms with Crippen LogP contribution in [0, 0.1) is 6.92 Å². The number of hydrogen-bond donors (Lipinski definition) is 0. The van der Waals surface area contributed by atoms with Gasteiger partial charge in [0, 0.05) is 16.1 Å². The lowest BCUT2D eigenvalue weighted by Gasteiger charge is -2.09. The first-order valence-corrected chi connectivity index (χ1v) is 9.52. The molecule has 0 aliphatic carbocycles. The van der Waals surface area contributed by atoms with Crippen molar-refractivity contribution in [2.45, 2.75) is 13.5 Å². The van der Waals surface area contributed by atoms with Gasteiger partial charge in [-0.2, -0.15) is 0 Å². The highest BCUT2D eigenvalue weighted by Crippen LogP contribution is 2.25. The van der Waals surface area contributed by atoms with Crippen molar-refractivity contribution in [1.82, 2.24) is 0 Å². The maximum Gasteiger partial charge on any atom is 0.363 e. The van der Waals surface area contributed by atoms with E-state index < -0.39 is 5.97 Å². The molecular weight excluding hydrogens is 386 g/mol. The molecule has 3 aromatic carbocycles. The molecule has 0 radical (unpaired) electrons. The predicted octanol–water partition coefficient (Wildman–Crippen LogP) is 5.57. The Labute approximate surface area is 174 Å². The molecule has 4 rings (SSSR count). The van der Waals surface area contributed by atoms with Crippen molar-refractivity contribution in [3.05, 3.63) is 106 Å². The summed E-state index contributed by atoms with van der Waals surface area (Å²) in [5.74, 6) is 0.487. The molecule has 0 unspecified atom stereocenters. The van der Waals surface area contributed by atoms with Crippen molar-refractivity contribution < 1.29 is 14.3 Å². The number of benzene rings is 3. The van der Waals surface area contributed by atoms with E-state index in [9.17, 15) is 4.79 Å². The zero-order valence-electron chi connectivity index (χ0n) is 15.8. The predicted molar refractivity (Wildman–Crippen MR) is 114 cm³/mol. The van der Waals surface area contributed by atoms with Crippen molar-refractivity contribution in [2.24, 2.45) is 4.99 Å². The summed E-state index contributed by atoms with van der Waals surface area (Å²) in [5.41, 5.74) is 3.83. The number of hydrogen-bond acceptors (Lipinski definition) is 4. The van der Waals surface area contributed by atoms with Crippen LogP contribution in [0.4, 0.5) is 0 Å². The van der Waals surface area contributed by atoms with Crippen LogP contribution in [0.25, 0.3) is 6.08 Å². The fourth-order valence-corrected chi connectivity index (χ4v) is 3.06. The van der Waals surface area contributed by atoms with E-state index in [0.29, 0.717) is 23.3 Å². The second kappa shape index (κ2) is 8.33. The van der Waals surface area contributed by atoms with Crippen LogP contribution in [-0.4, -0.2) is 11.9 Å². The van der Waals surface area contributed by atoms with Crippen LogP contribution in [0.5, 0.6) is 5.75 Å². The molecule has 0 fully saturated rings. The number of aliphatic imine (C=N–C) groups is 1. The summed E-state index contributed by atoms with van der Waals surface area (Å²) in [6.07, 6.45) is 1.68. The average Bonchev–Trinajstić information content (AvgIpc) is 3.09. The Morgan fingerprint density at radius 3 is 2.62 bits per heavy atom. The van der Waals surface area contributed by atoms with Gasteiger partial charge in [0.1, 0.15) is 12.4 Å². The summed E-state index contributed by atoms with van der Waals surface area (Å²) in [5, 5.41) is 0.681. The number of aryl methyl sites for hydroxylation is 1. The Morgan fingerprint density at radius 1 is 1.03 bits per heavy atom. The van der Waals surface area contributed by atoms with Crippen LogP contribution in [0.15, 0.2) is 83.5 Å². The number of nitrogens with zero attached hydrogens (tertiary/aromatic N) is 1. The van der Waals surface area contributed by atoms with Crippen LogP contribution < -0.4 is 4.74 Å². The summed E-state index contributed by atoms with van der Waals surface area (Å²) in [6.45, 7) is 2.37. The maximum absolute atomic E-state index is 12.3. The van der Waals surface area contributed by atoms with Gasteiger partial charge in [-0.1, -0.05) is 59.6 Å². The fourth-order valence-electron chi connectivity index (χ4n) is 2.93. The number of carbonyl (C=O) groups excluding carboxylic acids is 1. The molecule has 29 heavy (non-hydrogen) atoms. The first kappa shape index (κ1) is 19.0. The van der Waals surface area contributed by atoms with E-state index in [1.807, 2.05) is 79.7 Å². The molecule has 3 aromatic rings. The molecule has 0 aromatic heterocycles. The molecule has 0 amide bonds. The van der Waals surface area contributed by atoms with Gasteiger partial charge in [0.25, 0.3) is 0 Å². The van der Waals surface area contributed by atoms with E-state index >= 15 is 0 Å². The third-order valence-electron chi connectivity index (χ3n) is 4.40. The van der Waals surface area contributed by atoms with Gasteiger partial charge in [0.05, 0.1) is 0 Å². The van der Waals surface area contributed by atoms with E-state index in [4.69, 9.17) is 21.1 Å². The Morgan fingerprint density at radius 2 is 1.83 bits per heavy atom. The van der Waals surface area contributed by atoms with Crippen LogP contribution in [0.2, 0.25) is 5.02 Å². The van der Waals surface area contributed by atoms with Gasteiger partial charge in [0.2, 0.25) is 5.90 Å². The van der Waals surface area contributed by atoms with E-state index in [0.717, 1.165) is 22.3 Å². The topological polar surface area (TPSA) is 47.9 Å². The second-order valence-electron chi connectivity index (χ2n) is 6.66. The summed E-state index contributed by atoms with van der Waals surface area (Å²) < 4.78 is 11.3. The molecule has 0 saturated carbocycles. The standard InChI is InChI=1S/C24H18ClNO3/c1-16-5-4-7-19(13-16)23-26-21(24(27)29-23)14-18-6-2-3-8-22(18)28-15-17-9-11-20(25)12-10-17/h2-14H,15H2,1H3. The van der Waals surface area contributed by atoms with Crippen molar-refractivity contribution in [1.29, 1.82) is 0 Å². The third-order valence-corrected chi connectivity index (χ3v) is 4.66. The van der Waals surface area contributed by atoms with E-state index in [1.54, 1.807) is 6.08 Å². The summed E-state index contributed by atoms with van der Waals surface area (Å²) in [4.78, 5) is 16.7. The Kier molecular flexibility index (Phi) is 5.45. The van der Waals surface area contributed by atoms with Crippen LogP contribution in [0.1, 0.15) is 22.3 Å². The van der Waals surface area contributed by atoms with E-state index in [1.165, 1.54) is 0 Å². The minimum atomic E-state index is -0.478. The molecule has 5 heteroatoms. The lowest BCUT2D eigenvalue weighted by Crippen LogP contribution is -2.05. The van der Waals surface area contributed by atoms with Crippen molar-refractivity contribution in [2.75, 3.05) is 0 Å². The molecule has 0 spiro atoms. The third kappa shape index (κ3) is 4.55. The first-order chi connectivity index (χ1) is 14.1. The quantitative estimate of drug-likeness (QED) is 0.413. The lowest BCUT2D eigenvalue weighted by molar-refractivity contribution is -0.129. The number of ether oxygens (including phenoxy) is 2. The second-order valence-corrected chi connectivity index (χ2v) is 7.09. The summed E-state index contributed by atoms with van der Waals surface area (Å²) in [6, 6.07) is 22.6. The van der Waals surface area contributed by atoms with Gasteiger partial charge in [-0.25, -0.2) is 9.79 Å². The molecule has 1 heterocycles. The number of para-hydroxylation sites is 1. The van der Waals surface area contributed by atoms with Crippen LogP contribution >= 0.6 is 11.6 Å². The average molecular weight is 404 g/mol. The Bertz CT molecular complexity index is 1120. The number of rotatable bonds is 5. The highest BCUT2D eigenvalue weighted by atomic mass is 35.5. The van der Waals surface area contributed by atoms with Gasteiger partial charge >= 0.3 is 5.97 Å². The van der Waals surface area contributed by atoms with Gasteiger partial charge in [-0.05, 0) is 48.9 Å². The molecule has 144 valence electrons. The lowest BCUT2D eigenvalue weighted by atomic mass is 10.1. The van der Waals surface area contributed by atoms with Gasteiger partial charge in [0.15, 0.2) is 5.70 Å². The molecule has 0 N–H and O–H groups in total. The molecule has 0 atom stereocenters. The Balaban J connectivity index is 1.57. The van der Waals surface area contributed by atoms with Gasteiger partial charge < -0.3 is 9.47 Å². The van der Waals surface area contributed by atoms with Crippen LogP contribution in [0.3, 0.4) is 0 Å². The van der Waals surface area contributed by atoms with Crippen LogP contribution in [-0.2, 0) is 16.1 Å². The zero-order valence-corrected chi connectivity index (χ0v) is 16.5. The normalized spacial score (nSPS) is 14.6. The Hall–Kier alpha value is -3.37. The molecule has 4 nitrogen and oxygen atoms in total. The number of carbonyl (C=O) groups is 1. The highest BCUT2D eigenvalue weighted by Gasteiger charge is 2.24. The largest absolute Gasteiger partial charge is 0.488 e. The molecule has 1 aliphatic rings. The fraction of sp³-hybridized carbons (Fsp3) is 0.0833. The maximum atomic E-state index is 12.3. The summed E-state index contributed by atoms with van der Waals surface area (Å²) in [7, 11) is 0. The monoisotopic (exact) mass is 403 g/mol. The molecule has 0 bridgehead atoms. The van der Waals surface area contributed by atoms with E-state index in [2.05, 4.69) is 4.99 Å². The van der Waals surface area contributed by atoms with Gasteiger partial charge in [-0.15, -0.1) is 0 Å². The molecule has 0 saturated heterocycles. The number of esters is 1.